The Morgan fingerprint density at radius 3 is 2.67 bits per heavy atom. The second kappa shape index (κ2) is 7.75. The maximum Gasteiger partial charge on any atom is 0.338 e. The molecule has 0 unspecified atom stereocenters. The number of benzene rings is 1. The summed E-state index contributed by atoms with van der Waals surface area (Å²) in [5, 5.41) is 9.37. The van der Waals surface area contributed by atoms with E-state index in [9.17, 15) is 18.0 Å². The molecule has 3 N–H and O–H groups in total. The Labute approximate surface area is 147 Å². The van der Waals surface area contributed by atoms with E-state index in [1.807, 2.05) is 17.5 Å². The fraction of sp³-hybridized carbons (Fsp3) is 0.143. The highest BCUT2D eigenvalue weighted by Crippen LogP contribution is 2.21. The van der Waals surface area contributed by atoms with Crippen LogP contribution in [-0.2, 0) is 26.1 Å². The van der Waals surface area contributed by atoms with Crippen LogP contribution in [0.2, 0.25) is 5.02 Å². The van der Waals surface area contributed by atoms with Gasteiger partial charge in [-0.15, -0.1) is 11.3 Å². The van der Waals surface area contributed by atoms with E-state index in [-0.39, 0.29) is 15.5 Å². The maximum atomic E-state index is 11.9. The van der Waals surface area contributed by atoms with Crippen LogP contribution in [0.25, 0.3) is 0 Å². The van der Waals surface area contributed by atoms with E-state index in [4.69, 9.17) is 21.5 Å². The van der Waals surface area contributed by atoms with Crippen LogP contribution >= 0.6 is 22.9 Å². The minimum absolute atomic E-state index is 0.0746. The van der Waals surface area contributed by atoms with Gasteiger partial charge in [0, 0.05) is 4.88 Å². The molecule has 7 nitrogen and oxygen atoms in total. The van der Waals surface area contributed by atoms with Crippen molar-refractivity contribution < 1.29 is 22.7 Å². The Bertz CT molecular complexity index is 850. The van der Waals surface area contributed by atoms with Gasteiger partial charge in [0.05, 0.1) is 17.1 Å². The van der Waals surface area contributed by atoms with Gasteiger partial charge in [-0.05, 0) is 29.6 Å². The lowest BCUT2D eigenvalue weighted by molar-refractivity contribution is -0.124. The van der Waals surface area contributed by atoms with Gasteiger partial charge in [0.25, 0.3) is 5.91 Å². The minimum Gasteiger partial charge on any atom is -0.452 e. The average molecular weight is 389 g/mol. The Hall–Kier alpha value is -1.94. The van der Waals surface area contributed by atoms with Crippen molar-refractivity contribution in [2.75, 3.05) is 6.61 Å². The Balaban J connectivity index is 1.94. The quantitative estimate of drug-likeness (QED) is 0.728. The number of sulfonamides is 1. The molecule has 0 aliphatic rings. The molecule has 128 valence electrons. The number of amides is 1. The summed E-state index contributed by atoms with van der Waals surface area (Å²) in [5.41, 5.74) is -0.0746. The summed E-state index contributed by atoms with van der Waals surface area (Å²) in [4.78, 5) is 24.1. The molecule has 1 aromatic carbocycles. The number of nitrogens with one attached hydrogen (secondary N) is 1. The number of primary sulfonamides is 1. The molecule has 0 atom stereocenters. The molecule has 0 aliphatic heterocycles. The first-order valence-corrected chi connectivity index (χ1v) is 9.36. The Kier molecular flexibility index (Phi) is 5.94. The van der Waals surface area contributed by atoms with Crippen LogP contribution in [0, 0.1) is 0 Å². The van der Waals surface area contributed by atoms with Gasteiger partial charge in [-0.3, -0.25) is 4.79 Å². The van der Waals surface area contributed by atoms with Crippen LogP contribution in [0.5, 0.6) is 0 Å². The highest BCUT2D eigenvalue weighted by atomic mass is 35.5. The summed E-state index contributed by atoms with van der Waals surface area (Å²) < 4.78 is 27.6. The first-order chi connectivity index (χ1) is 11.3. The molecule has 1 heterocycles. The molecule has 0 saturated carbocycles. The van der Waals surface area contributed by atoms with E-state index >= 15 is 0 Å². The highest BCUT2D eigenvalue weighted by Gasteiger charge is 2.17. The third-order valence-corrected chi connectivity index (χ3v) is 5.12. The molecule has 24 heavy (non-hydrogen) atoms. The van der Waals surface area contributed by atoms with Crippen LogP contribution < -0.4 is 10.5 Å². The predicted octanol–water partition coefficient (Wildman–Crippen LogP) is 1.52. The SMILES string of the molecule is NS(=O)(=O)c1cc(C(=O)OCC(=O)NCc2cccs2)ccc1Cl. The average Bonchev–Trinajstić information content (AvgIpc) is 3.03. The molecule has 0 spiro atoms. The number of hydrogen-bond acceptors (Lipinski definition) is 6. The van der Waals surface area contributed by atoms with E-state index in [0.717, 1.165) is 10.9 Å². The highest BCUT2D eigenvalue weighted by molar-refractivity contribution is 7.89. The van der Waals surface area contributed by atoms with Crippen LogP contribution in [0.1, 0.15) is 15.2 Å². The van der Waals surface area contributed by atoms with Crippen molar-refractivity contribution in [1.82, 2.24) is 5.32 Å². The van der Waals surface area contributed by atoms with Crippen molar-refractivity contribution in [3.63, 3.8) is 0 Å². The molecule has 0 fully saturated rings. The number of rotatable bonds is 6. The van der Waals surface area contributed by atoms with Gasteiger partial charge in [-0.1, -0.05) is 17.7 Å². The summed E-state index contributed by atoms with van der Waals surface area (Å²) in [7, 11) is -4.07. The Morgan fingerprint density at radius 1 is 1.29 bits per heavy atom. The molecule has 2 rings (SSSR count). The molecular weight excluding hydrogens is 376 g/mol. The number of ether oxygens (including phenoxy) is 1. The molecular formula is C14H13ClN2O5S2. The number of thiophene rings is 1. The van der Waals surface area contributed by atoms with Crippen LogP contribution in [-0.4, -0.2) is 26.9 Å². The van der Waals surface area contributed by atoms with Crippen molar-refractivity contribution in [3.8, 4) is 0 Å². The van der Waals surface area contributed by atoms with Crippen molar-refractivity contribution >= 4 is 44.8 Å². The number of hydrogen-bond donors (Lipinski definition) is 2. The van der Waals surface area contributed by atoms with E-state index < -0.39 is 28.5 Å². The number of carbonyl (C=O) groups is 2. The topological polar surface area (TPSA) is 116 Å². The number of halogens is 1. The first-order valence-electron chi connectivity index (χ1n) is 6.56. The van der Waals surface area contributed by atoms with Gasteiger partial charge in [0.1, 0.15) is 4.90 Å². The van der Waals surface area contributed by atoms with Gasteiger partial charge in [-0.25, -0.2) is 18.4 Å². The first kappa shape index (κ1) is 18.4. The van der Waals surface area contributed by atoms with E-state index in [1.54, 1.807) is 0 Å². The fourth-order valence-electron chi connectivity index (χ4n) is 1.71. The van der Waals surface area contributed by atoms with Crippen molar-refractivity contribution in [2.45, 2.75) is 11.4 Å². The molecule has 2 aromatic rings. The summed E-state index contributed by atoms with van der Waals surface area (Å²) in [5.74, 6) is -1.33. The third-order valence-electron chi connectivity index (χ3n) is 2.85. The maximum absolute atomic E-state index is 11.9. The van der Waals surface area contributed by atoms with Crippen LogP contribution in [0.3, 0.4) is 0 Å². The molecule has 10 heteroatoms. The standard InChI is InChI=1S/C14H13ClN2O5S2/c15-11-4-3-9(6-12(11)24(16,20)21)14(19)22-8-13(18)17-7-10-2-1-5-23-10/h1-6H,7-8H2,(H,17,18)(H2,16,20,21). The fourth-order valence-corrected chi connectivity index (χ4v) is 3.43. The molecule has 0 saturated heterocycles. The summed E-state index contributed by atoms with van der Waals surface area (Å²) in [6, 6.07) is 7.22. The van der Waals surface area contributed by atoms with Crippen molar-refractivity contribution in [3.05, 3.63) is 51.2 Å². The Morgan fingerprint density at radius 2 is 2.04 bits per heavy atom. The number of carbonyl (C=O) groups excluding carboxylic acids is 2. The van der Waals surface area contributed by atoms with Crippen LogP contribution in [0.4, 0.5) is 0 Å². The number of esters is 1. The van der Waals surface area contributed by atoms with E-state index in [1.165, 1.54) is 23.5 Å². The largest absolute Gasteiger partial charge is 0.452 e. The molecule has 0 radical (unpaired) electrons. The second-order valence-corrected chi connectivity index (χ2v) is 7.59. The van der Waals surface area contributed by atoms with Crippen molar-refractivity contribution in [1.29, 1.82) is 0 Å². The monoisotopic (exact) mass is 388 g/mol. The number of nitrogens with two attached hydrogens (primary N) is 1. The smallest absolute Gasteiger partial charge is 0.338 e. The summed E-state index contributed by atoms with van der Waals surface area (Å²) >= 11 is 7.22. The van der Waals surface area contributed by atoms with Gasteiger partial charge in [-0.2, -0.15) is 0 Å². The lowest BCUT2D eigenvalue weighted by Gasteiger charge is -2.07. The third kappa shape index (κ3) is 5.03. The van der Waals surface area contributed by atoms with Crippen molar-refractivity contribution in [2.24, 2.45) is 5.14 Å². The predicted molar refractivity (Wildman–Crippen MR) is 89.3 cm³/mol. The zero-order valence-corrected chi connectivity index (χ0v) is 14.6. The normalized spacial score (nSPS) is 11.1. The van der Waals surface area contributed by atoms with Gasteiger partial charge in [0.2, 0.25) is 10.0 Å². The lowest BCUT2D eigenvalue weighted by atomic mass is 10.2. The van der Waals surface area contributed by atoms with E-state index in [0.29, 0.717) is 6.54 Å². The summed E-state index contributed by atoms with van der Waals surface area (Å²) in [6.45, 7) is -0.151. The van der Waals surface area contributed by atoms with Gasteiger partial charge < -0.3 is 10.1 Å². The minimum atomic E-state index is -4.07. The zero-order chi connectivity index (χ0) is 17.7. The second-order valence-electron chi connectivity index (χ2n) is 4.62. The van der Waals surface area contributed by atoms with E-state index in [2.05, 4.69) is 5.32 Å². The van der Waals surface area contributed by atoms with Gasteiger partial charge in [0.15, 0.2) is 6.61 Å². The van der Waals surface area contributed by atoms with Crippen LogP contribution in [0.15, 0.2) is 40.6 Å². The molecule has 0 bridgehead atoms. The zero-order valence-electron chi connectivity index (χ0n) is 12.2. The molecule has 0 aliphatic carbocycles. The lowest BCUT2D eigenvalue weighted by Crippen LogP contribution is -2.28. The molecule has 1 aromatic heterocycles. The summed E-state index contributed by atoms with van der Waals surface area (Å²) in [6.07, 6.45) is 0. The van der Waals surface area contributed by atoms with Gasteiger partial charge >= 0.3 is 5.97 Å². The molecule has 1 amide bonds.